The molecule has 0 amide bonds. The van der Waals surface area contributed by atoms with Gasteiger partial charge in [0.25, 0.3) is 0 Å². The third-order valence-electron chi connectivity index (χ3n) is 10.3. The molecule has 0 aliphatic rings. The highest BCUT2D eigenvalue weighted by molar-refractivity contribution is 7.26. The number of furan rings is 1. The van der Waals surface area contributed by atoms with Gasteiger partial charge < -0.3 is 4.42 Å². The maximum atomic E-state index is 6.74. The second-order valence-electron chi connectivity index (χ2n) is 13.4. The van der Waals surface area contributed by atoms with E-state index in [2.05, 4.69) is 60.7 Å². The summed E-state index contributed by atoms with van der Waals surface area (Å²) in [5.74, 6) is 1.56. The number of fused-ring (bicyclic) bond motifs is 6. The van der Waals surface area contributed by atoms with E-state index in [1.54, 1.807) is 11.3 Å². The average Bonchev–Trinajstić information content (AvgIpc) is 3.82. The van der Waals surface area contributed by atoms with E-state index in [9.17, 15) is 0 Å². The molecule has 0 atom stereocenters. The molecule has 0 saturated heterocycles. The molecule has 0 bridgehead atoms. The molecule has 0 unspecified atom stereocenters. The maximum Gasteiger partial charge on any atom is 0.164 e. The van der Waals surface area contributed by atoms with Crippen LogP contribution in [0, 0.1) is 0 Å². The molecule has 0 fully saturated rings. The second kappa shape index (κ2) is 13.0. The smallest absolute Gasteiger partial charge is 0.164 e. The molecule has 3 heterocycles. The number of benzene rings is 7. The summed E-state index contributed by atoms with van der Waals surface area (Å²) in [5, 5.41) is 4.40. The minimum atomic E-state index is 0.173. The van der Waals surface area contributed by atoms with Gasteiger partial charge in [0.15, 0.2) is 17.5 Å². The number of hydrogen-bond donors (Lipinski definition) is 0. The van der Waals surface area contributed by atoms with Crippen LogP contribution in [0.1, 0.15) is 0 Å². The van der Waals surface area contributed by atoms with Crippen molar-refractivity contribution < 1.29 is 4.42 Å². The molecule has 10 aromatic rings. The van der Waals surface area contributed by atoms with Crippen LogP contribution in [-0.4, -0.2) is 54.2 Å². The molecular weight excluding hydrogens is 685 g/mol. The molecule has 0 saturated carbocycles. The molecule has 7 aromatic carbocycles. The van der Waals surface area contributed by atoms with Crippen molar-refractivity contribution >= 4 is 120 Å². The number of para-hydroxylation sites is 1. The molecular formula is C45H22B5N3OS. The van der Waals surface area contributed by atoms with Gasteiger partial charge in [0.2, 0.25) is 0 Å². The number of aromatic nitrogens is 3. The molecule has 3 aromatic heterocycles. The zero-order chi connectivity index (χ0) is 37.4. The highest BCUT2D eigenvalue weighted by Gasteiger charge is 2.21. The van der Waals surface area contributed by atoms with Crippen LogP contribution in [-0.2, 0) is 0 Å². The lowest BCUT2D eigenvalue weighted by molar-refractivity contribution is 0.670. The quantitative estimate of drug-likeness (QED) is 0.194. The molecule has 244 valence electrons. The lowest BCUT2D eigenvalue weighted by Gasteiger charge is -2.21. The van der Waals surface area contributed by atoms with Gasteiger partial charge in [0, 0.05) is 58.8 Å². The van der Waals surface area contributed by atoms with Crippen LogP contribution in [0.5, 0.6) is 0 Å². The molecule has 0 N–H and O–H groups in total. The first-order chi connectivity index (χ1) is 26.9. The molecule has 0 aliphatic carbocycles. The monoisotopic (exact) mass is 707 g/mol. The zero-order valence-electron chi connectivity index (χ0n) is 29.2. The van der Waals surface area contributed by atoms with Gasteiger partial charge in [-0.3, -0.25) is 0 Å². The number of rotatable bonds is 5. The Morgan fingerprint density at radius 1 is 0.418 bits per heavy atom. The molecule has 4 nitrogen and oxygen atoms in total. The van der Waals surface area contributed by atoms with Gasteiger partial charge in [-0.25, -0.2) is 15.0 Å². The normalized spacial score (nSPS) is 11.6. The Labute approximate surface area is 327 Å². The third-order valence-corrected chi connectivity index (χ3v) is 11.5. The molecule has 0 spiro atoms. The van der Waals surface area contributed by atoms with Crippen LogP contribution in [0.2, 0.25) is 0 Å². The fraction of sp³-hybridized carbons (Fsp3) is 0. The van der Waals surface area contributed by atoms with E-state index >= 15 is 0 Å². The predicted molar refractivity (Wildman–Crippen MR) is 234 cm³/mol. The molecule has 0 aliphatic heterocycles. The van der Waals surface area contributed by atoms with Crippen molar-refractivity contribution in [3.8, 4) is 56.4 Å². The average molecular weight is 707 g/mol. The molecule has 10 rings (SSSR count). The van der Waals surface area contributed by atoms with Gasteiger partial charge in [-0.2, -0.15) is 0 Å². The molecule has 10 heteroatoms. The summed E-state index contributed by atoms with van der Waals surface area (Å²) in [6.07, 6.45) is 0. The van der Waals surface area contributed by atoms with Crippen molar-refractivity contribution in [3.63, 3.8) is 0 Å². The van der Waals surface area contributed by atoms with Gasteiger partial charge in [0.05, 0.1) is 0 Å². The summed E-state index contributed by atoms with van der Waals surface area (Å²) in [4.78, 5) is 15.1. The van der Waals surface area contributed by atoms with E-state index in [4.69, 9.17) is 58.6 Å². The van der Waals surface area contributed by atoms with E-state index in [0.717, 1.165) is 55.3 Å². The van der Waals surface area contributed by atoms with Gasteiger partial charge in [-0.15, -0.1) is 27.7 Å². The summed E-state index contributed by atoms with van der Waals surface area (Å²) in [6.45, 7) is 0. The van der Waals surface area contributed by atoms with E-state index in [1.807, 2.05) is 72.8 Å². The number of thiophene rings is 1. The first kappa shape index (κ1) is 33.5. The molecule has 55 heavy (non-hydrogen) atoms. The summed E-state index contributed by atoms with van der Waals surface area (Å²) < 4.78 is 9.22. The second-order valence-corrected chi connectivity index (χ2v) is 14.5. The largest absolute Gasteiger partial charge is 0.455 e. The van der Waals surface area contributed by atoms with Crippen LogP contribution < -0.4 is 27.3 Å². The fourth-order valence-corrected chi connectivity index (χ4v) is 8.72. The Hall–Kier alpha value is -6.11. The van der Waals surface area contributed by atoms with Crippen molar-refractivity contribution in [2.75, 3.05) is 0 Å². The summed E-state index contributed by atoms with van der Waals surface area (Å²) in [6, 6.07) is 44.9. The Bertz CT molecular complexity index is 3130. The van der Waals surface area contributed by atoms with E-state index < -0.39 is 0 Å². The zero-order valence-corrected chi connectivity index (χ0v) is 30.1. The van der Waals surface area contributed by atoms with Crippen molar-refractivity contribution in [1.82, 2.24) is 15.0 Å². The van der Waals surface area contributed by atoms with E-state index in [-0.39, 0.29) is 27.3 Å². The lowest BCUT2D eigenvalue weighted by Crippen LogP contribution is -2.55. The summed E-state index contributed by atoms with van der Waals surface area (Å²) in [5.41, 5.74) is 8.55. The highest BCUT2D eigenvalue weighted by atomic mass is 32.1. The fourth-order valence-electron chi connectivity index (χ4n) is 7.49. The van der Waals surface area contributed by atoms with Gasteiger partial charge in [-0.1, -0.05) is 132 Å². The van der Waals surface area contributed by atoms with Crippen LogP contribution in [0.25, 0.3) is 98.5 Å². The van der Waals surface area contributed by atoms with Gasteiger partial charge in [0.1, 0.15) is 50.4 Å². The summed E-state index contributed by atoms with van der Waals surface area (Å²) in [7, 11) is 31.2. The van der Waals surface area contributed by atoms with Gasteiger partial charge in [-0.05, 0) is 23.3 Å². The van der Waals surface area contributed by atoms with Crippen LogP contribution in [0.4, 0.5) is 0 Å². The van der Waals surface area contributed by atoms with Crippen molar-refractivity contribution in [2.24, 2.45) is 0 Å². The van der Waals surface area contributed by atoms with Crippen molar-refractivity contribution in [2.45, 2.75) is 0 Å². The Morgan fingerprint density at radius 2 is 0.964 bits per heavy atom. The van der Waals surface area contributed by atoms with E-state index in [1.165, 1.54) is 20.2 Å². The first-order valence-electron chi connectivity index (χ1n) is 17.6. The maximum absolute atomic E-state index is 6.74. The van der Waals surface area contributed by atoms with Gasteiger partial charge >= 0.3 is 0 Å². The SMILES string of the molecule is [B]c1c([B])c([B])c(-c2ccc(-c3nc(-c4ccccc4)nc(-c4cccc5oc6c(-c7cccc8c7sc7ccccc78)cccc6c45)n3)cc2)c([B])c1[B]. The van der Waals surface area contributed by atoms with Crippen molar-refractivity contribution in [1.29, 1.82) is 0 Å². The highest BCUT2D eigenvalue weighted by Crippen LogP contribution is 2.44. The van der Waals surface area contributed by atoms with Crippen LogP contribution in [0.15, 0.2) is 138 Å². The van der Waals surface area contributed by atoms with Crippen molar-refractivity contribution in [3.05, 3.63) is 133 Å². The van der Waals surface area contributed by atoms with Crippen LogP contribution in [0.3, 0.4) is 0 Å². The minimum absolute atomic E-state index is 0.173. The molecule has 10 radical (unpaired) electrons. The minimum Gasteiger partial charge on any atom is -0.455 e. The third kappa shape index (κ3) is 5.38. The Kier molecular flexibility index (Phi) is 7.93. The lowest BCUT2D eigenvalue weighted by atomic mass is 9.59. The van der Waals surface area contributed by atoms with Crippen LogP contribution >= 0.6 is 11.3 Å². The number of hydrogen-bond acceptors (Lipinski definition) is 5. The Morgan fingerprint density at radius 3 is 1.71 bits per heavy atom. The topological polar surface area (TPSA) is 51.8 Å². The number of nitrogens with zero attached hydrogens (tertiary/aromatic N) is 3. The predicted octanol–water partition coefficient (Wildman–Crippen LogP) is 6.44. The Balaban J connectivity index is 1.15. The van der Waals surface area contributed by atoms with E-state index in [0.29, 0.717) is 23.0 Å². The standard InChI is InChI=1S/C45H22B5N3OS/c46-36-34(37(47)39(49)40(50)38(36)48)23-19-21-25(22-20-23)44-51-43(24-9-2-1-3-10-24)52-45(53-44)31-16-8-17-32-35(31)30-15-6-12-27(41(30)54-32)29-14-7-13-28-26-11-4-5-18-33(26)55-42(28)29/h1-22H. The summed E-state index contributed by atoms with van der Waals surface area (Å²) >= 11 is 1.80. The first-order valence-corrected chi connectivity index (χ1v) is 18.5.